The fourth-order valence-electron chi connectivity index (χ4n) is 2.89. The number of nitrogens with one attached hydrogen (secondary N) is 1. The van der Waals surface area contributed by atoms with Crippen LogP contribution in [0, 0.1) is 5.41 Å². The van der Waals surface area contributed by atoms with Crippen LogP contribution in [-0.2, 0) is 0 Å². The van der Waals surface area contributed by atoms with Gasteiger partial charge in [0.25, 0.3) is 0 Å². The zero-order valence-corrected chi connectivity index (χ0v) is 12.6. The van der Waals surface area contributed by atoms with Crippen LogP contribution in [-0.4, -0.2) is 36.6 Å². The monoisotopic (exact) mass is 240 g/mol. The van der Waals surface area contributed by atoms with Gasteiger partial charge in [0.2, 0.25) is 0 Å². The summed E-state index contributed by atoms with van der Waals surface area (Å²) in [6, 6.07) is 1.38. The lowest BCUT2D eigenvalue weighted by Gasteiger charge is -2.36. The molecule has 0 radical (unpaired) electrons. The van der Waals surface area contributed by atoms with Gasteiger partial charge in [0.15, 0.2) is 0 Å². The molecule has 1 N–H and O–H groups in total. The van der Waals surface area contributed by atoms with Gasteiger partial charge in [-0.15, -0.1) is 0 Å². The predicted octanol–water partition coefficient (Wildman–Crippen LogP) is 3.28. The molecule has 1 unspecified atom stereocenters. The molecular formula is C15H32N2. The minimum absolute atomic E-state index is 0.584. The first-order chi connectivity index (χ1) is 7.96. The van der Waals surface area contributed by atoms with Crippen molar-refractivity contribution in [1.82, 2.24) is 10.2 Å². The normalized spacial score (nSPS) is 22.9. The Kier molecular flexibility index (Phi) is 5.94. The van der Waals surface area contributed by atoms with Crippen LogP contribution in [0.1, 0.15) is 60.3 Å². The summed E-state index contributed by atoms with van der Waals surface area (Å²) in [6.07, 6.45) is 5.47. The lowest BCUT2D eigenvalue weighted by atomic mass is 9.75. The van der Waals surface area contributed by atoms with Crippen LogP contribution in [0.25, 0.3) is 0 Å². The Hall–Kier alpha value is -0.0800. The second-order valence-electron chi connectivity index (χ2n) is 6.49. The average Bonchev–Trinajstić information content (AvgIpc) is 2.29. The van der Waals surface area contributed by atoms with E-state index in [0.29, 0.717) is 11.5 Å². The van der Waals surface area contributed by atoms with Crippen molar-refractivity contribution in [1.29, 1.82) is 0 Å². The third-order valence-corrected chi connectivity index (χ3v) is 4.29. The van der Waals surface area contributed by atoms with Crippen molar-refractivity contribution < 1.29 is 0 Å². The molecule has 0 spiro atoms. The standard InChI is InChI=1S/C15H32N2/c1-6-17(7-2)12-13(3)16-14-8-10-15(4,5)11-9-14/h13-14,16H,6-12H2,1-5H3. The second-order valence-corrected chi connectivity index (χ2v) is 6.49. The van der Waals surface area contributed by atoms with Gasteiger partial charge in [-0.05, 0) is 51.1 Å². The minimum Gasteiger partial charge on any atom is -0.310 e. The van der Waals surface area contributed by atoms with E-state index >= 15 is 0 Å². The Bertz CT molecular complexity index is 199. The Morgan fingerprint density at radius 3 is 2.18 bits per heavy atom. The van der Waals surface area contributed by atoms with Gasteiger partial charge in [-0.2, -0.15) is 0 Å². The van der Waals surface area contributed by atoms with Crippen LogP contribution in [0.15, 0.2) is 0 Å². The Labute approximate surface area is 108 Å². The zero-order chi connectivity index (χ0) is 12.9. The van der Waals surface area contributed by atoms with E-state index in [0.717, 1.165) is 6.04 Å². The number of rotatable bonds is 6. The second kappa shape index (κ2) is 6.75. The molecule has 1 saturated carbocycles. The Balaban J connectivity index is 2.25. The summed E-state index contributed by atoms with van der Waals surface area (Å²) >= 11 is 0. The first-order valence-electron chi connectivity index (χ1n) is 7.45. The maximum Gasteiger partial charge on any atom is 0.0169 e. The highest BCUT2D eigenvalue weighted by molar-refractivity contribution is 4.84. The SMILES string of the molecule is CCN(CC)CC(C)NC1CCC(C)(C)CC1. The lowest BCUT2D eigenvalue weighted by Crippen LogP contribution is -2.45. The molecule has 1 rings (SSSR count). The van der Waals surface area contributed by atoms with Gasteiger partial charge in [0, 0.05) is 18.6 Å². The number of nitrogens with zero attached hydrogens (tertiary/aromatic N) is 1. The Morgan fingerprint density at radius 1 is 1.18 bits per heavy atom. The van der Waals surface area contributed by atoms with E-state index in [1.807, 2.05) is 0 Å². The summed E-state index contributed by atoms with van der Waals surface area (Å²) in [5.74, 6) is 0. The van der Waals surface area contributed by atoms with E-state index in [1.165, 1.54) is 45.3 Å². The van der Waals surface area contributed by atoms with Gasteiger partial charge in [0.1, 0.15) is 0 Å². The molecule has 0 heterocycles. The van der Waals surface area contributed by atoms with Gasteiger partial charge >= 0.3 is 0 Å². The third kappa shape index (κ3) is 5.39. The van der Waals surface area contributed by atoms with Crippen LogP contribution in [0.2, 0.25) is 0 Å². The molecule has 2 heteroatoms. The zero-order valence-electron chi connectivity index (χ0n) is 12.6. The maximum atomic E-state index is 3.81. The van der Waals surface area contributed by atoms with E-state index in [1.54, 1.807) is 0 Å². The van der Waals surface area contributed by atoms with Crippen molar-refractivity contribution >= 4 is 0 Å². The topological polar surface area (TPSA) is 15.3 Å². The minimum atomic E-state index is 0.584. The van der Waals surface area contributed by atoms with Gasteiger partial charge in [-0.25, -0.2) is 0 Å². The molecule has 0 bridgehead atoms. The smallest absolute Gasteiger partial charge is 0.0169 e. The summed E-state index contributed by atoms with van der Waals surface area (Å²) in [4.78, 5) is 2.50. The van der Waals surface area contributed by atoms with Crippen molar-refractivity contribution in [3.05, 3.63) is 0 Å². The van der Waals surface area contributed by atoms with Crippen LogP contribution in [0.3, 0.4) is 0 Å². The van der Waals surface area contributed by atoms with Crippen molar-refractivity contribution in [3.8, 4) is 0 Å². The number of likely N-dealkylation sites (N-methyl/N-ethyl adjacent to an activating group) is 1. The predicted molar refractivity (Wildman–Crippen MR) is 76.4 cm³/mol. The van der Waals surface area contributed by atoms with E-state index < -0.39 is 0 Å². The van der Waals surface area contributed by atoms with Crippen LogP contribution in [0.5, 0.6) is 0 Å². The summed E-state index contributed by atoms with van der Waals surface area (Å²) in [5.41, 5.74) is 0.584. The maximum absolute atomic E-state index is 3.81. The molecule has 1 aliphatic carbocycles. The first kappa shape index (κ1) is 15.0. The summed E-state index contributed by atoms with van der Waals surface area (Å²) in [5, 5.41) is 3.81. The van der Waals surface area contributed by atoms with Crippen LogP contribution < -0.4 is 5.32 Å². The number of hydrogen-bond donors (Lipinski definition) is 1. The van der Waals surface area contributed by atoms with Crippen molar-refractivity contribution in [3.63, 3.8) is 0 Å². The number of hydrogen-bond acceptors (Lipinski definition) is 2. The Morgan fingerprint density at radius 2 is 1.71 bits per heavy atom. The van der Waals surface area contributed by atoms with Crippen LogP contribution in [0.4, 0.5) is 0 Å². The molecule has 0 aromatic carbocycles. The summed E-state index contributed by atoms with van der Waals surface area (Å²) < 4.78 is 0. The summed E-state index contributed by atoms with van der Waals surface area (Å²) in [7, 11) is 0. The van der Waals surface area contributed by atoms with Gasteiger partial charge < -0.3 is 10.2 Å². The van der Waals surface area contributed by atoms with E-state index in [4.69, 9.17) is 0 Å². The van der Waals surface area contributed by atoms with Gasteiger partial charge in [-0.3, -0.25) is 0 Å². The fourth-order valence-corrected chi connectivity index (χ4v) is 2.89. The molecule has 0 aromatic heterocycles. The first-order valence-corrected chi connectivity index (χ1v) is 7.45. The van der Waals surface area contributed by atoms with E-state index in [-0.39, 0.29) is 0 Å². The van der Waals surface area contributed by atoms with Crippen molar-refractivity contribution in [2.24, 2.45) is 5.41 Å². The molecule has 0 aromatic rings. The average molecular weight is 240 g/mol. The molecule has 2 nitrogen and oxygen atoms in total. The molecule has 1 aliphatic rings. The van der Waals surface area contributed by atoms with E-state index in [2.05, 4.69) is 44.8 Å². The molecule has 1 fully saturated rings. The quantitative estimate of drug-likeness (QED) is 0.766. The molecule has 1 atom stereocenters. The molecule has 102 valence electrons. The molecular weight excluding hydrogens is 208 g/mol. The lowest BCUT2D eigenvalue weighted by molar-refractivity contribution is 0.187. The molecule has 17 heavy (non-hydrogen) atoms. The fraction of sp³-hybridized carbons (Fsp3) is 1.00. The van der Waals surface area contributed by atoms with Crippen molar-refractivity contribution in [2.45, 2.75) is 72.4 Å². The van der Waals surface area contributed by atoms with Gasteiger partial charge in [0.05, 0.1) is 0 Å². The third-order valence-electron chi connectivity index (χ3n) is 4.29. The summed E-state index contributed by atoms with van der Waals surface area (Å²) in [6.45, 7) is 15.2. The van der Waals surface area contributed by atoms with E-state index in [9.17, 15) is 0 Å². The molecule has 0 amide bonds. The van der Waals surface area contributed by atoms with Crippen molar-refractivity contribution in [2.75, 3.05) is 19.6 Å². The van der Waals surface area contributed by atoms with Crippen LogP contribution >= 0.6 is 0 Å². The highest BCUT2D eigenvalue weighted by Gasteiger charge is 2.27. The molecule has 0 aliphatic heterocycles. The highest BCUT2D eigenvalue weighted by Crippen LogP contribution is 2.35. The molecule has 0 saturated heterocycles. The van der Waals surface area contributed by atoms with Gasteiger partial charge in [-0.1, -0.05) is 27.7 Å². The highest BCUT2D eigenvalue weighted by atomic mass is 15.1. The largest absolute Gasteiger partial charge is 0.310 e.